The molecule has 0 fully saturated rings. The minimum Gasteiger partial charge on any atom is -0.313 e. The van der Waals surface area contributed by atoms with Crippen molar-refractivity contribution in [3.8, 4) is 16.8 Å². The van der Waals surface area contributed by atoms with Gasteiger partial charge in [0.2, 0.25) is 0 Å². The Hall–Kier alpha value is -7.10. The fourth-order valence-corrected chi connectivity index (χ4v) is 9.44. The maximum atomic E-state index is 4.36. The quantitative estimate of drug-likeness (QED) is 0.128. The summed E-state index contributed by atoms with van der Waals surface area (Å²) in [5, 5.41) is 1.29. The highest BCUT2D eigenvalue weighted by atomic mass is 15.2. The van der Waals surface area contributed by atoms with Crippen LogP contribution in [0.3, 0.4) is 0 Å². The topological polar surface area (TPSA) is 11.4 Å². The van der Waals surface area contributed by atoms with Crippen LogP contribution < -0.4 is 9.80 Å². The highest BCUT2D eigenvalue weighted by Gasteiger charge is 2.38. The van der Waals surface area contributed by atoms with Gasteiger partial charge in [-0.3, -0.25) is 0 Å². The summed E-state index contributed by atoms with van der Waals surface area (Å²) >= 11 is 0. The van der Waals surface area contributed by atoms with Crippen molar-refractivity contribution in [2.24, 2.45) is 0 Å². The molecule has 0 N–H and O–H groups in total. The van der Waals surface area contributed by atoms with Crippen molar-refractivity contribution >= 4 is 51.0 Å². The van der Waals surface area contributed by atoms with Crippen LogP contribution in [0.25, 0.3) is 39.4 Å². The first-order chi connectivity index (χ1) is 29.9. The van der Waals surface area contributed by atoms with Crippen LogP contribution in [0.2, 0.25) is 0 Å². The molecule has 1 aliphatic carbocycles. The van der Waals surface area contributed by atoms with E-state index in [1.54, 1.807) is 0 Å². The van der Waals surface area contributed by atoms with Crippen LogP contribution in [0.15, 0.2) is 206 Å². The van der Waals surface area contributed by atoms with Gasteiger partial charge < -0.3 is 14.4 Å². The molecule has 0 radical (unpaired) electrons. The van der Waals surface area contributed by atoms with Crippen molar-refractivity contribution in [3.05, 3.63) is 228 Å². The van der Waals surface area contributed by atoms with E-state index in [4.69, 9.17) is 0 Å². The summed E-state index contributed by atoms with van der Waals surface area (Å²) in [4.78, 5) is 4.77. The van der Waals surface area contributed by atoms with Crippen molar-refractivity contribution in [3.63, 3.8) is 0 Å². The molecule has 0 saturated heterocycles. The van der Waals surface area contributed by atoms with Crippen LogP contribution in [0.4, 0.5) is 28.4 Å². The summed E-state index contributed by atoms with van der Waals surface area (Å²) in [6.07, 6.45) is 19.5. The third kappa shape index (κ3) is 7.00. The minimum absolute atomic E-state index is 0.248. The summed E-state index contributed by atoms with van der Waals surface area (Å²) in [7, 11) is 0. The van der Waals surface area contributed by atoms with Crippen molar-refractivity contribution in [2.45, 2.75) is 52.9 Å². The molecule has 9 rings (SSSR count). The number of fused-ring (bicyclic) bond motifs is 4. The fraction of sp³-hybridized carbons (Fsp3) is 0.138. The molecule has 1 aliphatic heterocycles. The Kier molecular flexibility index (Phi) is 10.7. The van der Waals surface area contributed by atoms with Gasteiger partial charge in [0.05, 0.1) is 11.2 Å². The molecule has 6 aromatic carbocycles. The molecular formula is C58H53N3. The molecule has 0 atom stereocenters. The molecular weight excluding hydrogens is 739 g/mol. The molecule has 61 heavy (non-hydrogen) atoms. The lowest BCUT2D eigenvalue weighted by Gasteiger charge is -2.42. The van der Waals surface area contributed by atoms with E-state index in [1.165, 1.54) is 61.2 Å². The van der Waals surface area contributed by atoms with Gasteiger partial charge in [-0.2, -0.15) is 0 Å². The molecule has 2 heterocycles. The fourth-order valence-electron chi connectivity index (χ4n) is 9.44. The lowest BCUT2D eigenvalue weighted by atomic mass is 9.72. The van der Waals surface area contributed by atoms with Gasteiger partial charge in [-0.15, -0.1) is 0 Å². The second-order valence-corrected chi connectivity index (χ2v) is 16.4. The Morgan fingerprint density at radius 1 is 0.689 bits per heavy atom. The van der Waals surface area contributed by atoms with Gasteiger partial charge in [0.25, 0.3) is 0 Å². The Balaban J connectivity index is 1.19. The number of para-hydroxylation sites is 1. The zero-order valence-electron chi connectivity index (χ0n) is 35.9. The van der Waals surface area contributed by atoms with E-state index in [1.807, 2.05) is 6.08 Å². The first kappa shape index (κ1) is 39.4. The summed E-state index contributed by atoms with van der Waals surface area (Å²) in [5.41, 5.74) is 18.9. The van der Waals surface area contributed by atoms with E-state index in [2.05, 4.69) is 244 Å². The second kappa shape index (κ2) is 16.5. The number of hydrogen-bond acceptors (Lipinski definition) is 2. The summed E-state index contributed by atoms with van der Waals surface area (Å²) in [5.74, 6) is 0. The van der Waals surface area contributed by atoms with Gasteiger partial charge in [-0.05, 0) is 146 Å². The van der Waals surface area contributed by atoms with Crippen LogP contribution in [-0.2, 0) is 11.8 Å². The van der Waals surface area contributed by atoms with Gasteiger partial charge in [0, 0.05) is 56.2 Å². The van der Waals surface area contributed by atoms with Crippen LogP contribution in [0.1, 0.15) is 63.4 Å². The normalized spacial score (nSPS) is 14.8. The van der Waals surface area contributed by atoms with Crippen molar-refractivity contribution < 1.29 is 0 Å². The first-order valence-corrected chi connectivity index (χ1v) is 21.5. The van der Waals surface area contributed by atoms with Gasteiger partial charge >= 0.3 is 0 Å². The van der Waals surface area contributed by atoms with Crippen LogP contribution in [-0.4, -0.2) is 4.57 Å². The SMILES string of the molecule is C=CC1=C(/C=C\C)C(C)(C)c2cc3c4c(n(-c5ccc(N(c6ccc(C(/C=C\C)=C/C)cc6)c6ccc(-c7ccccc7)cc6)cc5)c3cc2N1c1ccccc1)CCC=C4. The number of rotatable bonds is 10. The zero-order valence-corrected chi connectivity index (χ0v) is 35.9. The molecule has 0 bridgehead atoms. The molecule has 0 amide bonds. The molecule has 1 aromatic heterocycles. The number of aromatic nitrogens is 1. The van der Waals surface area contributed by atoms with E-state index >= 15 is 0 Å². The van der Waals surface area contributed by atoms with Crippen molar-refractivity contribution in [1.29, 1.82) is 0 Å². The Morgan fingerprint density at radius 2 is 1.31 bits per heavy atom. The molecule has 0 saturated carbocycles. The van der Waals surface area contributed by atoms with Crippen molar-refractivity contribution in [1.82, 2.24) is 4.57 Å². The lowest BCUT2D eigenvalue weighted by molar-refractivity contribution is 0.622. The molecule has 2 aliphatic rings. The number of hydrogen-bond donors (Lipinski definition) is 0. The highest BCUT2D eigenvalue weighted by molar-refractivity contribution is 5.98. The molecule has 0 spiro atoms. The van der Waals surface area contributed by atoms with Gasteiger partial charge in [0.1, 0.15) is 0 Å². The lowest BCUT2D eigenvalue weighted by Crippen LogP contribution is -2.33. The van der Waals surface area contributed by atoms with Crippen LogP contribution in [0, 0.1) is 0 Å². The minimum atomic E-state index is -0.248. The number of nitrogens with zero attached hydrogens (tertiary/aromatic N) is 3. The average molecular weight is 792 g/mol. The van der Waals surface area contributed by atoms with E-state index in [0.29, 0.717) is 0 Å². The highest BCUT2D eigenvalue weighted by Crippen LogP contribution is 2.51. The smallest absolute Gasteiger partial charge is 0.0558 e. The zero-order chi connectivity index (χ0) is 42.1. The number of anilines is 5. The molecule has 3 nitrogen and oxygen atoms in total. The number of benzene rings is 6. The van der Waals surface area contributed by atoms with E-state index < -0.39 is 0 Å². The third-order valence-corrected chi connectivity index (χ3v) is 12.4. The van der Waals surface area contributed by atoms with Crippen LogP contribution >= 0.6 is 0 Å². The average Bonchev–Trinajstić information content (AvgIpc) is 3.63. The number of allylic oxidation sites excluding steroid dienone is 9. The van der Waals surface area contributed by atoms with Gasteiger partial charge in [0.15, 0.2) is 0 Å². The van der Waals surface area contributed by atoms with E-state index in [-0.39, 0.29) is 5.41 Å². The second-order valence-electron chi connectivity index (χ2n) is 16.4. The van der Waals surface area contributed by atoms with Crippen LogP contribution in [0.5, 0.6) is 0 Å². The third-order valence-electron chi connectivity index (χ3n) is 12.4. The molecule has 0 unspecified atom stereocenters. The van der Waals surface area contributed by atoms with E-state index in [9.17, 15) is 0 Å². The predicted molar refractivity (Wildman–Crippen MR) is 263 cm³/mol. The van der Waals surface area contributed by atoms with Gasteiger partial charge in [-0.1, -0.05) is 136 Å². The maximum Gasteiger partial charge on any atom is 0.0558 e. The molecule has 3 heteroatoms. The summed E-state index contributed by atoms with van der Waals surface area (Å²) in [6, 6.07) is 53.2. The standard InChI is InChI=1S/C58H53N3/c1-7-19-41(9-3)43-27-31-46(32-28-43)59(47-33-29-44(30-34-47)42-21-13-11-14-22-42)48-35-37-49(38-36-48)61-55-26-18-17-25-50(55)51-39-53-57(40-56(51)61)60(45-23-15-12-16-24-45)54(10-4)52(20-8-2)58(53,5)6/h7-17,19-25,27-40H,4,18,26H2,1-3,5-6H3/b19-7-,20-8-,41-9+. The molecule has 7 aromatic rings. The first-order valence-electron chi connectivity index (χ1n) is 21.5. The monoisotopic (exact) mass is 791 g/mol. The van der Waals surface area contributed by atoms with Crippen molar-refractivity contribution in [2.75, 3.05) is 9.80 Å². The Bertz CT molecular complexity index is 2880. The maximum absolute atomic E-state index is 4.36. The summed E-state index contributed by atoms with van der Waals surface area (Å²) < 4.78 is 2.51. The van der Waals surface area contributed by atoms with Gasteiger partial charge in [-0.25, -0.2) is 0 Å². The van der Waals surface area contributed by atoms with E-state index in [0.717, 1.165) is 47.0 Å². The predicted octanol–water partition coefficient (Wildman–Crippen LogP) is 16.2. The summed E-state index contributed by atoms with van der Waals surface area (Å²) in [6.45, 7) is 15.3. The Morgan fingerprint density at radius 3 is 1.93 bits per heavy atom. The largest absolute Gasteiger partial charge is 0.313 e. The molecule has 300 valence electrons. The Labute approximate surface area is 361 Å².